The second-order valence-corrected chi connectivity index (χ2v) is 8.11. The Kier molecular flexibility index (Phi) is 4.97. The smallest absolute Gasteiger partial charge is 0.320 e. The van der Waals surface area contributed by atoms with Gasteiger partial charge in [0.1, 0.15) is 5.82 Å². The largest absolute Gasteiger partial charge is 0.342 e. The number of carbonyl (C=O) groups excluding carboxylic acids is 1. The number of aromatic nitrogens is 2. The first kappa shape index (κ1) is 19.0. The number of halogens is 2. The predicted octanol–water partition coefficient (Wildman–Crippen LogP) is 3.33. The fourth-order valence-corrected chi connectivity index (χ4v) is 3.40. The Morgan fingerprint density at radius 1 is 1.11 bits per heavy atom. The molecule has 27 heavy (non-hydrogen) atoms. The second-order valence-electron chi connectivity index (χ2n) is 6.10. The normalized spacial score (nSPS) is 13.1. The summed E-state index contributed by atoms with van der Waals surface area (Å²) in [5.41, 5.74) is 0.904. The highest BCUT2D eigenvalue weighted by atomic mass is 32.2. The molecule has 1 N–H and O–H groups in total. The van der Waals surface area contributed by atoms with E-state index in [0.717, 1.165) is 10.8 Å². The third-order valence-corrected chi connectivity index (χ3v) is 5.23. The molecule has 1 heterocycles. The van der Waals surface area contributed by atoms with Crippen LogP contribution in [0.15, 0.2) is 53.4 Å². The van der Waals surface area contributed by atoms with Gasteiger partial charge in [0.25, 0.3) is 5.91 Å². The minimum absolute atomic E-state index is 0.0345. The van der Waals surface area contributed by atoms with Gasteiger partial charge < -0.3 is 5.32 Å². The summed E-state index contributed by atoms with van der Waals surface area (Å²) in [5.74, 6) is -0.484. The lowest BCUT2D eigenvalue weighted by atomic mass is 10.2. The van der Waals surface area contributed by atoms with Gasteiger partial charge in [-0.25, -0.2) is 13.4 Å². The number of alkyl halides is 2. The number of hydrogen-bond acceptors (Lipinski definition) is 4. The van der Waals surface area contributed by atoms with Gasteiger partial charge in [0.05, 0.1) is 22.0 Å². The molecule has 9 heteroatoms. The van der Waals surface area contributed by atoms with Crippen LogP contribution in [-0.4, -0.2) is 30.1 Å². The average molecular weight is 393 g/mol. The van der Waals surface area contributed by atoms with Crippen LogP contribution < -0.4 is 5.32 Å². The lowest BCUT2D eigenvalue weighted by Gasteiger charge is -2.16. The molecule has 0 aliphatic rings. The highest BCUT2D eigenvalue weighted by Gasteiger charge is 2.23. The predicted molar refractivity (Wildman–Crippen MR) is 96.4 cm³/mol. The van der Waals surface area contributed by atoms with E-state index in [2.05, 4.69) is 10.3 Å². The van der Waals surface area contributed by atoms with E-state index < -0.39 is 28.3 Å². The number of benzene rings is 2. The van der Waals surface area contributed by atoms with Gasteiger partial charge in [0, 0.05) is 11.8 Å². The topological polar surface area (TPSA) is 81.1 Å². The molecule has 0 aliphatic carbocycles. The minimum Gasteiger partial charge on any atom is -0.342 e. The summed E-state index contributed by atoms with van der Waals surface area (Å²) in [4.78, 5) is 16.7. The van der Waals surface area contributed by atoms with Gasteiger partial charge in [-0.1, -0.05) is 12.1 Å². The van der Waals surface area contributed by atoms with E-state index in [0.29, 0.717) is 5.52 Å². The van der Waals surface area contributed by atoms with Crippen LogP contribution in [0.2, 0.25) is 0 Å². The third kappa shape index (κ3) is 3.82. The molecule has 1 aromatic heterocycles. The highest BCUT2D eigenvalue weighted by Crippen LogP contribution is 2.26. The van der Waals surface area contributed by atoms with E-state index in [1.54, 1.807) is 25.1 Å². The van der Waals surface area contributed by atoms with Crippen molar-refractivity contribution in [2.24, 2.45) is 0 Å². The van der Waals surface area contributed by atoms with Crippen molar-refractivity contribution >= 4 is 26.8 Å². The van der Waals surface area contributed by atoms with Crippen LogP contribution in [0.4, 0.5) is 8.78 Å². The van der Waals surface area contributed by atoms with E-state index >= 15 is 0 Å². The number of hydrogen-bond donors (Lipinski definition) is 1. The Hall–Kier alpha value is -2.81. The summed E-state index contributed by atoms with van der Waals surface area (Å²) < 4.78 is 50.8. The fraction of sp³-hybridized carbons (Fsp3) is 0.222. The zero-order chi connectivity index (χ0) is 19.8. The molecule has 0 fully saturated rings. The van der Waals surface area contributed by atoms with Crippen LogP contribution >= 0.6 is 0 Å². The van der Waals surface area contributed by atoms with E-state index in [-0.39, 0.29) is 21.8 Å². The van der Waals surface area contributed by atoms with Crippen molar-refractivity contribution in [3.63, 3.8) is 0 Å². The van der Waals surface area contributed by atoms with Crippen LogP contribution in [0.1, 0.15) is 35.7 Å². The number of amides is 1. The lowest BCUT2D eigenvalue weighted by Crippen LogP contribution is -2.29. The zero-order valence-electron chi connectivity index (χ0n) is 14.6. The molecule has 142 valence electrons. The van der Waals surface area contributed by atoms with Crippen molar-refractivity contribution in [2.45, 2.75) is 24.4 Å². The molecular weight excluding hydrogens is 376 g/mol. The number of para-hydroxylation sites is 2. The molecule has 0 saturated carbocycles. The van der Waals surface area contributed by atoms with E-state index in [9.17, 15) is 22.0 Å². The van der Waals surface area contributed by atoms with Crippen molar-refractivity contribution in [2.75, 3.05) is 6.26 Å². The van der Waals surface area contributed by atoms with Gasteiger partial charge >= 0.3 is 6.55 Å². The minimum atomic E-state index is -3.37. The van der Waals surface area contributed by atoms with Crippen LogP contribution in [0.25, 0.3) is 11.0 Å². The summed E-state index contributed by atoms with van der Waals surface area (Å²) in [6.07, 6.45) is 1.07. The van der Waals surface area contributed by atoms with Crippen molar-refractivity contribution < 1.29 is 22.0 Å². The maximum atomic E-state index is 13.5. The summed E-state index contributed by atoms with van der Waals surface area (Å²) in [5, 5.41) is 2.62. The maximum Gasteiger partial charge on any atom is 0.320 e. The average Bonchev–Trinajstić information content (AvgIpc) is 3.01. The number of nitrogens with one attached hydrogen (secondary N) is 1. The zero-order valence-corrected chi connectivity index (χ0v) is 15.4. The Labute approximate surface area is 154 Å². The first-order valence-corrected chi connectivity index (χ1v) is 9.93. The number of imidazole rings is 1. The van der Waals surface area contributed by atoms with E-state index in [4.69, 9.17) is 0 Å². The quantitative estimate of drug-likeness (QED) is 0.721. The standard InChI is InChI=1S/C18H17F2N3O3S/c1-11(16-22-14-5-3-4-6-15(14)23(16)18(19)20)21-17(24)12-7-9-13(10-8-12)27(2,25)26/h3-11,18H,1-2H3,(H,21,24)/t11-/m1/s1. The molecule has 6 nitrogen and oxygen atoms in total. The molecule has 1 atom stereocenters. The first-order chi connectivity index (χ1) is 12.7. The van der Waals surface area contributed by atoms with Crippen LogP contribution in [0.5, 0.6) is 0 Å². The molecular formula is C18H17F2N3O3S. The number of carbonyl (C=O) groups is 1. The number of nitrogens with zero attached hydrogens (tertiary/aromatic N) is 2. The van der Waals surface area contributed by atoms with Gasteiger partial charge in [-0.05, 0) is 43.3 Å². The van der Waals surface area contributed by atoms with Crippen molar-refractivity contribution in [3.05, 3.63) is 59.9 Å². The molecule has 3 aromatic rings. The molecule has 3 rings (SSSR count). The molecule has 0 spiro atoms. The van der Waals surface area contributed by atoms with Gasteiger partial charge in [0.2, 0.25) is 0 Å². The highest BCUT2D eigenvalue weighted by molar-refractivity contribution is 7.90. The Morgan fingerprint density at radius 2 is 1.74 bits per heavy atom. The van der Waals surface area contributed by atoms with E-state index in [1.165, 1.54) is 30.3 Å². The lowest BCUT2D eigenvalue weighted by molar-refractivity contribution is 0.0688. The van der Waals surface area contributed by atoms with Crippen LogP contribution in [0.3, 0.4) is 0 Å². The van der Waals surface area contributed by atoms with Gasteiger partial charge in [-0.3, -0.25) is 9.36 Å². The maximum absolute atomic E-state index is 13.5. The van der Waals surface area contributed by atoms with Crippen molar-refractivity contribution in [1.82, 2.24) is 14.9 Å². The van der Waals surface area contributed by atoms with Crippen LogP contribution in [-0.2, 0) is 9.84 Å². The Bertz CT molecular complexity index is 1090. The summed E-state index contributed by atoms with van der Waals surface area (Å²) in [6, 6.07) is 11.1. The molecule has 0 bridgehead atoms. The summed E-state index contributed by atoms with van der Waals surface area (Å²) in [6.45, 7) is -1.25. The number of sulfone groups is 1. The molecule has 0 saturated heterocycles. The van der Waals surface area contributed by atoms with Gasteiger partial charge in [0.15, 0.2) is 9.84 Å². The molecule has 1 amide bonds. The Morgan fingerprint density at radius 3 is 2.33 bits per heavy atom. The summed E-state index contributed by atoms with van der Waals surface area (Å²) in [7, 11) is -3.37. The Balaban J connectivity index is 1.87. The van der Waals surface area contributed by atoms with Crippen molar-refractivity contribution in [3.8, 4) is 0 Å². The van der Waals surface area contributed by atoms with Gasteiger partial charge in [-0.2, -0.15) is 8.78 Å². The number of rotatable bonds is 5. The summed E-state index contributed by atoms with van der Waals surface area (Å²) >= 11 is 0. The van der Waals surface area contributed by atoms with Crippen molar-refractivity contribution in [1.29, 1.82) is 0 Å². The molecule has 2 aromatic carbocycles. The second kappa shape index (κ2) is 7.07. The van der Waals surface area contributed by atoms with Gasteiger partial charge in [-0.15, -0.1) is 0 Å². The third-order valence-electron chi connectivity index (χ3n) is 4.10. The first-order valence-electron chi connectivity index (χ1n) is 8.04. The molecule has 0 radical (unpaired) electrons. The van der Waals surface area contributed by atoms with E-state index in [1.807, 2.05) is 0 Å². The van der Waals surface area contributed by atoms with Crippen LogP contribution in [0, 0.1) is 0 Å². The fourth-order valence-electron chi connectivity index (χ4n) is 2.77. The SMILES string of the molecule is C[C@@H](NC(=O)c1ccc(S(C)(=O)=O)cc1)c1nc2ccccc2n1C(F)F. The number of fused-ring (bicyclic) bond motifs is 1. The molecule has 0 aliphatic heterocycles. The molecule has 0 unspecified atom stereocenters. The monoisotopic (exact) mass is 393 g/mol.